The van der Waals surface area contributed by atoms with E-state index in [4.69, 9.17) is 4.74 Å². The second-order valence-corrected chi connectivity index (χ2v) is 5.24. The number of para-hydroxylation sites is 1. The lowest BCUT2D eigenvalue weighted by atomic mass is 9.82. The van der Waals surface area contributed by atoms with Crippen molar-refractivity contribution in [2.75, 3.05) is 18.5 Å². The summed E-state index contributed by atoms with van der Waals surface area (Å²) < 4.78 is 5.24. The van der Waals surface area contributed by atoms with Gasteiger partial charge in [0.2, 0.25) is 5.91 Å². The maximum atomic E-state index is 12.5. The summed E-state index contributed by atoms with van der Waals surface area (Å²) in [6.07, 6.45) is 2.69. The molecule has 0 saturated carbocycles. The lowest BCUT2D eigenvalue weighted by Gasteiger charge is -2.39. The second kappa shape index (κ2) is 5.74. The van der Waals surface area contributed by atoms with Crippen molar-refractivity contribution in [1.82, 2.24) is 0 Å². The number of amides is 1. The monoisotopic (exact) mass is 261 g/mol. The third-order valence-electron chi connectivity index (χ3n) is 4.15. The van der Waals surface area contributed by atoms with Gasteiger partial charge in [-0.1, -0.05) is 39.0 Å². The Morgan fingerprint density at radius 3 is 2.16 bits per heavy atom. The molecule has 3 nitrogen and oxygen atoms in total. The van der Waals surface area contributed by atoms with Crippen LogP contribution in [0.3, 0.4) is 0 Å². The summed E-state index contributed by atoms with van der Waals surface area (Å²) in [6.45, 7) is 7.38. The Morgan fingerprint density at radius 2 is 1.79 bits per heavy atom. The molecule has 1 N–H and O–H groups in total. The zero-order chi connectivity index (χ0) is 13.9. The van der Waals surface area contributed by atoms with E-state index in [1.807, 2.05) is 0 Å². The standard InChI is InChI=1S/C16H23NO2/c1-4-12-8-7-9-13(5-2)14(12)17-15(18)16(6-3)10-19-11-16/h7-9H,4-6,10-11H2,1-3H3,(H,17,18). The predicted molar refractivity (Wildman–Crippen MR) is 77.4 cm³/mol. The number of anilines is 1. The number of hydrogen-bond donors (Lipinski definition) is 1. The van der Waals surface area contributed by atoms with Gasteiger partial charge in [0, 0.05) is 5.69 Å². The van der Waals surface area contributed by atoms with Gasteiger partial charge in [0.15, 0.2) is 0 Å². The SMILES string of the molecule is CCc1cccc(CC)c1NC(=O)C1(CC)COC1. The number of ether oxygens (including phenoxy) is 1. The van der Waals surface area contributed by atoms with Crippen molar-refractivity contribution >= 4 is 11.6 Å². The zero-order valence-electron chi connectivity index (χ0n) is 12.1. The van der Waals surface area contributed by atoms with Crippen LogP contribution >= 0.6 is 0 Å². The van der Waals surface area contributed by atoms with Crippen molar-refractivity contribution in [2.24, 2.45) is 5.41 Å². The molecule has 1 amide bonds. The fourth-order valence-corrected chi connectivity index (χ4v) is 2.49. The van der Waals surface area contributed by atoms with E-state index in [9.17, 15) is 4.79 Å². The van der Waals surface area contributed by atoms with Crippen molar-refractivity contribution in [2.45, 2.75) is 40.0 Å². The van der Waals surface area contributed by atoms with Gasteiger partial charge in [-0.05, 0) is 30.4 Å². The van der Waals surface area contributed by atoms with Crippen LogP contribution in [0.4, 0.5) is 5.69 Å². The van der Waals surface area contributed by atoms with Crippen molar-refractivity contribution in [1.29, 1.82) is 0 Å². The van der Waals surface area contributed by atoms with Crippen LogP contribution in [0.15, 0.2) is 18.2 Å². The largest absolute Gasteiger partial charge is 0.379 e. The van der Waals surface area contributed by atoms with E-state index in [1.165, 1.54) is 11.1 Å². The lowest BCUT2D eigenvalue weighted by molar-refractivity contribution is -0.156. The molecule has 19 heavy (non-hydrogen) atoms. The van der Waals surface area contributed by atoms with Crippen LogP contribution in [0.5, 0.6) is 0 Å². The number of carbonyl (C=O) groups is 1. The smallest absolute Gasteiger partial charge is 0.235 e. The van der Waals surface area contributed by atoms with E-state index < -0.39 is 0 Å². The number of rotatable bonds is 5. The average Bonchev–Trinajstić information content (AvgIpc) is 2.38. The van der Waals surface area contributed by atoms with E-state index in [0.717, 1.165) is 24.9 Å². The molecule has 0 aliphatic carbocycles. The Balaban J connectivity index is 2.25. The maximum Gasteiger partial charge on any atom is 0.235 e. The molecule has 1 aromatic carbocycles. The first-order valence-electron chi connectivity index (χ1n) is 7.16. The molecular formula is C16H23NO2. The maximum absolute atomic E-state index is 12.5. The summed E-state index contributed by atoms with van der Waals surface area (Å²) in [5.74, 6) is 0.108. The van der Waals surface area contributed by atoms with E-state index in [0.29, 0.717) is 13.2 Å². The molecule has 1 aliphatic heterocycles. The topological polar surface area (TPSA) is 38.3 Å². The minimum atomic E-state index is -0.314. The first kappa shape index (κ1) is 14.1. The first-order valence-corrected chi connectivity index (χ1v) is 7.16. The second-order valence-electron chi connectivity index (χ2n) is 5.24. The molecule has 0 atom stereocenters. The molecular weight excluding hydrogens is 238 g/mol. The number of carbonyl (C=O) groups excluding carboxylic acids is 1. The summed E-state index contributed by atoms with van der Waals surface area (Å²) in [7, 11) is 0. The average molecular weight is 261 g/mol. The summed E-state index contributed by atoms with van der Waals surface area (Å²) in [5, 5.41) is 3.16. The number of aryl methyl sites for hydroxylation is 2. The molecule has 3 heteroatoms. The van der Waals surface area contributed by atoms with Crippen molar-refractivity contribution < 1.29 is 9.53 Å². The molecule has 0 radical (unpaired) electrons. The normalized spacial score (nSPS) is 16.8. The van der Waals surface area contributed by atoms with E-state index in [2.05, 4.69) is 44.3 Å². The van der Waals surface area contributed by atoms with Gasteiger partial charge in [0.1, 0.15) is 0 Å². The van der Waals surface area contributed by atoms with Gasteiger partial charge in [-0.2, -0.15) is 0 Å². The van der Waals surface area contributed by atoms with Crippen molar-refractivity contribution in [3.8, 4) is 0 Å². The van der Waals surface area contributed by atoms with Gasteiger partial charge in [-0.25, -0.2) is 0 Å². The quantitative estimate of drug-likeness (QED) is 0.884. The van der Waals surface area contributed by atoms with Crippen LogP contribution in [-0.4, -0.2) is 19.1 Å². The highest BCUT2D eigenvalue weighted by molar-refractivity contribution is 5.97. The van der Waals surface area contributed by atoms with Crippen LogP contribution in [0, 0.1) is 5.41 Å². The third-order valence-corrected chi connectivity index (χ3v) is 4.15. The van der Waals surface area contributed by atoms with Gasteiger partial charge in [0.25, 0.3) is 0 Å². The molecule has 0 aromatic heterocycles. The predicted octanol–water partition coefficient (Wildman–Crippen LogP) is 3.18. The molecule has 1 fully saturated rings. The molecule has 1 heterocycles. The van der Waals surface area contributed by atoms with Crippen LogP contribution in [0.2, 0.25) is 0 Å². The Labute approximate surface area is 115 Å². The molecule has 0 spiro atoms. The molecule has 2 rings (SSSR count). The molecule has 0 bridgehead atoms. The summed E-state index contributed by atoms with van der Waals surface area (Å²) in [4.78, 5) is 12.5. The summed E-state index contributed by atoms with van der Waals surface area (Å²) in [6, 6.07) is 6.24. The molecule has 1 aromatic rings. The Kier molecular flexibility index (Phi) is 4.25. The highest BCUT2D eigenvalue weighted by Crippen LogP contribution is 2.34. The number of hydrogen-bond acceptors (Lipinski definition) is 2. The van der Waals surface area contributed by atoms with Crippen LogP contribution < -0.4 is 5.32 Å². The van der Waals surface area contributed by atoms with E-state index in [1.54, 1.807) is 0 Å². The highest BCUT2D eigenvalue weighted by Gasteiger charge is 2.44. The minimum Gasteiger partial charge on any atom is -0.379 e. The third kappa shape index (κ3) is 2.52. The Bertz CT molecular complexity index is 436. The van der Waals surface area contributed by atoms with Gasteiger partial charge in [-0.3, -0.25) is 4.79 Å². The first-order chi connectivity index (χ1) is 9.16. The molecule has 1 aliphatic rings. The molecule has 0 unspecified atom stereocenters. The highest BCUT2D eigenvalue weighted by atomic mass is 16.5. The van der Waals surface area contributed by atoms with Gasteiger partial charge in [-0.15, -0.1) is 0 Å². The summed E-state index contributed by atoms with van der Waals surface area (Å²) >= 11 is 0. The molecule has 1 saturated heterocycles. The zero-order valence-corrected chi connectivity index (χ0v) is 12.1. The minimum absolute atomic E-state index is 0.108. The fourth-order valence-electron chi connectivity index (χ4n) is 2.49. The fraction of sp³-hybridized carbons (Fsp3) is 0.562. The lowest BCUT2D eigenvalue weighted by Crippen LogP contribution is -2.51. The van der Waals surface area contributed by atoms with E-state index >= 15 is 0 Å². The number of benzene rings is 1. The van der Waals surface area contributed by atoms with E-state index in [-0.39, 0.29) is 11.3 Å². The van der Waals surface area contributed by atoms with Crippen molar-refractivity contribution in [3.05, 3.63) is 29.3 Å². The van der Waals surface area contributed by atoms with Crippen molar-refractivity contribution in [3.63, 3.8) is 0 Å². The summed E-state index contributed by atoms with van der Waals surface area (Å²) in [5.41, 5.74) is 3.11. The van der Waals surface area contributed by atoms with Gasteiger partial charge >= 0.3 is 0 Å². The van der Waals surface area contributed by atoms with Crippen LogP contribution in [-0.2, 0) is 22.4 Å². The van der Waals surface area contributed by atoms with Crippen LogP contribution in [0.1, 0.15) is 38.3 Å². The number of nitrogens with one attached hydrogen (secondary N) is 1. The Morgan fingerprint density at radius 1 is 1.21 bits per heavy atom. The van der Waals surface area contributed by atoms with Gasteiger partial charge in [0.05, 0.1) is 18.6 Å². The molecule has 104 valence electrons. The Hall–Kier alpha value is -1.35. The van der Waals surface area contributed by atoms with Gasteiger partial charge < -0.3 is 10.1 Å². The van der Waals surface area contributed by atoms with Crippen LogP contribution in [0.25, 0.3) is 0 Å².